The number of nitrogens with zero attached hydrogens (tertiary/aromatic N) is 2. The molecule has 1 aliphatic rings. The van der Waals surface area contributed by atoms with Gasteiger partial charge in [0.25, 0.3) is 0 Å². The van der Waals surface area contributed by atoms with Gasteiger partial charge in [-0.1, -0.05) is 0 Å². The van der Waals surface area contributed by atoms with Crippen LogP contribution in [-0.2, 0) is 19.6 Å². The first kappa shape index (κ1) is 19.8. The molecule has 1 amide bonds. The minimum Gasteiger partial charge on any atom is -0.379 e. The number of carbonyl (C=O) groups excluding carboxylic acids is 1. The van der Waals surface area contributed by atoms with E-state index in [1.54, 1.807) is 4.90 Å². The first-order valence-corrected chi connectivity index (χ1v) is 9.67. The van der Waals surface area contributed by atoms with Gasteiger partial charge in [0.05, 0.1) is 18.1 Å². The highest BCUT2D eigenvalue weighted by atomic mass is 32.2. The van der Waals surface area contributed by atoms with Crippen LogP contribution in [-0.4, -0.2) is 76.6 Å². The Morgan fingerprint density at radius 3 is 2.48 bits per heavy atom. The van der Waals surface area contributed by atoms with Crippen molar-refractivity contribution in [2.45, 2.75) is 11.8 Å². The van der Waals surface area contributed by atoms with Gasteiger partial charge in [0.15, 0.2) is 0 Å². The molecular formula is C16H24FN3O4S. The summed E-state index contributed by atoms with van der Waals surface area (Å²) in [6, 6.07) is 4.61. The summed E-state index contributed by atoms with van der Waals surface area (Å²) in [5.41, 5.74) is 0. The minimum atomic E-state index is -3.72. The highest BCUT2D eigenvalue weighted by Gasteiger charge is 2.17. The average Bonchev–Trinajstić information content (AvgIpc) is 2.59. The van der Waals surface area contributed by atoms with E-state index >= 15 is 0 Å². The maximum atomic E-state index is 12.9. The highest BCUT2D eigenvalue weighted by Crippen LogP contribution is 2.09. The molecular weight excluding hydrogens is 349 g/mol. The zero-order valence-corrected chi connectivity index (χ0v) is 15.1. The van der Waals surface area contributed by atoms with E-state index in [1.165, 1.54) is 19.1 Å². The first-order valence-electron chi connectivity index (χ1n) is 8.19. The van der Waals surface area contributed by atoms with Crippen molar-refractivity contribution in [3.05, 3.63) is 30.1 Å². The molecule has 0 saturated carbocycles. The normalized spacial score (nSPS) is 15.9. The van der Waals surface area contributed by atoms with Gasteiger partial charge in [-0.25, -0.2) is 17.5 Å². The van der Waals surface area contributed by atoms with E-state index in [-0.39, 0.29) is 23.9 Å². The molecule has 1 saturated heterocycles. The number of hydrogen-bond acceptors (Lipinski definition) is 5. The summed E-state index contributed by atoms with van der Waals surface area (Å²) in [6.45, 7) is 6.17. The molecule has 2 rings (SSSR count). The molecule has 1 aromatic carbocycles. The van der Waals surface area contributed by atoms with E-state index in [0.717, 1.165) is 31.8 Å². The number of benzene rings is 1. The van der Waals surface area contributed by atoms with Crippen molar-refractivity contribution < 1.29 is 22.3 Å². The number of ether oxygens (including phenoxy) is 1. The van der Waals surface area contributed by atoms with Crippen LogP contribution in [0.3, 0.4) is 0 Å². The molecule has 1 N–H and O–H groups in total. The van der Waals surface area contributed by atoms with E-state index < -0.39 is 15.8 Å². The van der Waals surface area contributed by atoms with Crippen molar-refractivity contribution in [3.63, 3.8) is 0 Å². The van der Waals surface area contributed by atoms with Crippen LogP contribution in [0.1, 0.15) is 6.92 Å². The van der Waals surface area contributed by atoms with E-state index in [9.17, 15) is 17.6 Å². The Labute approximate surface area is 147 Å². The largest absolute Gasteiger partial charge is 0.379 e. The van der Waals surface area contributed by atoms with Crippen molar-refractivity contribution in [3.8, 4) is 0 Å². The molecule has 9 heteroatoms. The standard InChI is InChI=1S/C16H24FN3O4S/c1-14(21)20(9-8-19-10-12-24-13-11-19)7-6-18-25(22,23)16-4-2-15(17)3-5-16/h2-5,18H,6-13H2,1H3. The number of morpholine rings is 1. The van der Waals surface area contributed by atoms with Gasteiger partial charge >= 0.3 is 0 Å². The molecule has 0 unspecified atom stereocenters. The van der Waals surface area contributed by atoms with Gasteiger partial charge in [0, 0.05) is 46.2 Å². The van der Waals surface area contributed by atoms with Crippen LogP contribution in [0.25, 0.3) is 0 Å². The molecule has 140 valence electrons. The molecule has 0 aliphatic carbocycles. The maximum Gasteiger partial charge on any atom is 0.240 e. The Morgan fingerprint density at radius 2 is 1.88 bits per heavy atom. The fraction of sp³-hybridized carbons (Fsp3) is 0.562. The predicted octanol–water partition coefficient (Wildman–Crippen LogP) is 0.285. The molecule has 0 atom stereocenters. The molecule has 0 bridgehead atoms. The van der Waals surface area contributed by atoms with Crippen LogP contribution in [0.15, 0.2) is 29.2 Å². The second-order valence-electron chi connectivity index (χ2n) is 5.81. The van der Waals surface area contributed by atoms with Gasteiger partial charge in [0.2, 0.25) is 15.9 Å². The molecule has 1 heterocycles. The highest BCUT2D eigenvalue weighted by molar-refractivity contribution is 7.89. The fourth-order valence-electron chi connectivity index (χ4n) is 2.53. The van der Waals surface area contributed by atoms with Gasteiger partial charge in [-0.2, -0.15) is 0 Å². The summed E-state index contributed by atoms with van der Waals surface area (Å²) < 4.78 is 44.9. The summed E-state index contributed by atoms with van der Waals surface area (Å²) in [5.74, 6) is -0.598. The molecule has 0 spiro atoms. The lowest BCUT2D eigenvalue weighted by atomic mass is 10.3. The van der Waals surface area contributed by atoms with Crippen LogP contribution in [0.5, 0.6) is 0 Å². The zero-order valence-electron chi connectivity index (χ0n) is 14.3. The smallest absolute Gasteiger partial charge is 0.240 e. The summed E-state index contributed by atoms with van der Waals surface area (Å²) in [6.07, 6.45) is 0. The number of carbonyl (C=O) groups is 1. The molecule has 25 heavy (non-hydrogen) atoms. The number of rotatable bonds is 8. The van der Waals surface area contributed by atoms with Gasteiger partial charge in [-0.15, -0.1) is 0 Å². The Balaban J connectivity index is 1.81. The van der Waals surface area contributed by atoms with Gasteiger partial charge in [0.1, 0.15) is 5.82 Å². The SMILES string of the molecule is CC(=O)N(CCNS(=O)(=O)c1ccc(F)cc1)CCN1CCOCC1. The third-order valence-electron chi connectivity index (χ3n) is 4.03. The average molecular weight is 373 g/mol. The summed E-state index contributed by atoms with van der Waals surface area (Å²) in [5, 5.41) is 0. The van der Waals surface area contributed by atoms with Crippen LogP contribution >= 0.6 is 0 Å². The zero-order chi connectivity index (χ0) is 18.3. The van der Waals surface area contributed by atoms with E-state index in [4.69, 9.17) is 4.74 Å². The topological polar surface area (TPSA) is 79.0 Å². The van der Waals surface area contributed by atoms with Crippen LogP contribution in [0, 0.1) is 5.82 Å². The number of nitrogens with one attached hydrogen (secondary N) is 1. The lowest BCUT2D eigenvalue weighted by Crippen LogP contribution is -2.44. The van der Waals surface area contributed by atoms with Crippen molar-refractivity contribution in [1.29, 1.82) is 0 Å². The fourth-order valence-corrected chi connectivity index (χ4v) is 3.55. The van der Waals surface area contributed by atoms with Gasteiger partial charge < -0.3 is 9.64 Å². The van der Waals surface area contributed by atoms with Crippen molar-refractivity contribution in [1.82, 2.24) is 14.5 Å². The number of hydrogen-bond donors (Lipinski definition) is 1. The molecule has 7 nitrogen and oxygen atoms in total. The Hall–Kier alpha value is -1.55. The Bertz CT molecular complexity index is 660. The van der Waals surface area contributed by atoms with Crippen LogP contribution < -0.4 is 4.72 Å². The Morgan fingerprint density at radius 1 is 1.24 bits per heavy atom. The second kappa shape index (κ2) is 9.23. The lowest BCUT2D eigenvalue weighted by molar-refractivity contribution is -0.129. The number of amides is 1. The molecule has 1 aliphatic heterocycles. The third-order valence-corrected chi connectivity index (χ3v) is 5.51. The van der Waals surface area contributed by atoms with Crippen molar-refractivity contribution in [2.75, 3.05) is 52.5 Å². The summed E-state index contributed by atoms with van der Waals surface area (Å²) in [4.78, 5) is 15.6. The minimum absolute atomic E-state index is 0.00316. The molecule has 1 aromatic rings. The predicted molar refractivity (Wildman–Crippen MR) is 91.1 cm³/mol. The van der Waals surface area contributed by atoms with Crippen LogP contribution in [0.2, 0.25) is 0 Å². The molecule has 0 radical (unpaired) electrons. The van der Waals surface area contributed by atoms with Gasteiger partial charge in [-0.05, 0) is 24.3 Å². The van der Waals surface area contributed by atoms with E-state index in [0.29, 0.717) is 19.8 Å². The monoisotopic (exact) mass is 373 g/mol. The quantitative estimate of drug-likeness (QED) is 0.708. The maximum absolute atomic E-state index is 12.9. The molecule has 0 aromatic heterocycles. The summed E-state index contributed by atoms with van der Waals surface area (Å²) in [7, 11) is -3.72. The lowest BCUT2D eigenvalue weighted by Gasteiger charge is -2.29. The number of halogens is 1. The Kier molecular flexibility index (Phi) is 7.30. The van der Waals surface area contributed by atoms with E-state index in [1.807, 2.05) is 0 Å². The first-order chi connectivity index (χ1) is 11.9. The summed E-state index contributed by atoms with van der Waals surface area (Å²) >= 11 is 0. The van der Waals surface area contributed by atoms with Crippen molar-refractivity contribution in [2.24, 2.45) is 0 Å². The van der Waals surface area contributed by atoms with Gasteiger partial charge in [-0.3, -0.25) is 9.69 Å². The molecule has 1 fully saturated rings. The van der Waals surface area contributed by atoms with Crippen molar-refractivity contribution >= 4 is 15.9 Å². The van der Waals surface area contributed by atoms with Crippen LogP contribution in [0.4, 0.5) is 4.39 Å². The van der Waals surface area contributed by atoms with E-state index in [2.05, 4.69) is 9.62 Å². The number of sulfonamides is 1. The third kappa shape index (κ3) is 6.35. The second-order valence-corrected chi connectivity index (χ2v) is 7.58.